The van der Waals surface area contributed by atoms with Crippen LogP contribution in [0.15, 0.2) is 54.6 Å². The van der Waals surface area contributed by atoms with Crippen molar-refractivity contribution < 1.29 is 9.59 Å². The number of amides is 2. The summed E-state index contributed by atoms with van der Waals surface area (Å²) in [6.07, 6.45) is 4.01. The SMILES string of the molecule is O=C(c1cccc(Cl)c1)N1CCN(C(=O)C2(c3ccccc3)CCCC2)CC1. The van der Waals surface area contributed by atoms with Gasteiger partial charge in [0.25, 0.3) is 5.91 Å². The molecule has 1 saturated heterocycles. The monoisotopic (exact) mass is 396 g/mol. The van der Waals surface area contributed by atoms with Gasteiger partial charge in [0.1, 0.15) is 0 Å². The van der Waals surface area contributed by atoms with Crippen molar-refractivity contribution in [2.45, 2.75) is 31.1 Å². The lowest BCUT2D eigenvalue weighted by Crippen LogP contribution is -2.55. The molecule has 4 rings (SSSR count). The summed E-state index contributed by atoms with van der Waals surface area (Å²) in [5, 5.41) is 0.561. The van der Waals surface area contributed by atoms with Crippen LogP contribution in [0.1, 0.15) is 41.6 Å². The zero-order valence-corrected chi connectivity index (χ0v) is 16.7. The zero-order valence-electron chi connectivity index (χ0n) is 15.9. The molecule has 28 heavy (non-hydrogen) atoms. The largest absolute Gasteiger partial charge is 0.338 e. The van der Waals surface area contributed by atoms with Gasteiger partial charge in [-0.05, 0) is 36.6 Å². The Bertz CT molecular complexity index is 854. The van der Waals surface area contributed by atoms with E-state index in [0.717, 1.165) is 31.2 Å². The van der Waals surface area contributed by atoms with Gasteiger partial charge in [-0.1, -0.05) is 60.8 Å². The molecule has 2 aromatic rings. The fourth-order valence-corrected chi connectivity index (χ4v) is 4.77. The number of piperazine rings is 1. The summed E-state index contributed by atoms with van der Waals surface area (Å²) < 4.78 is 0. The van der Waals surface area contributed by atoms with Crippen LogP contribution in [0.2, 0.25) is 5.02 Å². The van der Waals surface area contributed by atoms with Crippen LogP contribution >= 0.6 is 11.6 Å². The summed E-state index contributed by atoms with van der Waals surface area (Å²) >= 11 is 6.02. The molecular formula is C23H25ClN2O2. The summed E-state index contributed by atoms with van der Waals surface area (Å²) in [5.41, 5.74) is 1.35. The zero-order chi connectivity index (χ0) is 19.6. The first-order chi connectivity index (χ1) is 13.6. The second-order valence-electron chi connectivity index (χ2n) is 7.75. The Morgan fingerprint density at radius 3 is 2.11 bits per heavy atom. The summed E-state index contributed by atoms with van der Waals surface area (Å²) in [7, 11) is 0. The molecule has 2 aliphatic rings. The first kappa shape index (κ1) is 19.0. The molecule has 0 radical (unpaired) electrons. The molecule has 0 N–H and O–H groups in total. The average molecular weight is 397 g/mol. The number of rotatable bonds is 3. The number of halogens is 1. The summed E-state index contributed by atoms with van der Waals surface area (Å²) in [6.45, 7) is 2.28. The van der Waals surface area contributed by atoms with Crippen molar-refractivity contribution in [1.82, 2.24) is 9.80 Å². The molecule has 146 valence electrons. The molecular weight excluding hydrogens is 372 g/mol. The van der Waals surface area contributed by atoms with Crippen LogP contribution in [0, 0.1) is 0 Å². The lowest BCUT2D eigenvalue weighted by molar-refractivity contribution is -0.138. The third kappa shape index (κ3) is 3.53. The van der Waals surface area contributed by atoms with Gasteiger partial charge < -0.3 is 9.80 Å². The van der Waals surface area contributed by atoms with Gasteiger partial charge >= 0.3 is 0 Å². The quantitative estimate of drug-likeness (QED) is 0.782. The van der Waals surface area contributed by atoms with Crippen molar-refractivity contribution in [1.29, 1.82) is 0 Å². The normalized spacial score (nSPS) is 18.9. The predicted molar refractivity (Wildman–Crippen MR) is 111 cm³/mol. The Labute approximate surface area is 171 Å². The van der Waals surface area contributed by atoms with Crippen LogP contribution in [-0.4, -0.2) is 47.8 Å². The van der Waals surface area contributed by atoms with E-state index in [2.05, 4.69) is 12.1 Å². The van der Waals surface area contributed by atoms with E-state index in [-0.39, 0.29) is 17.2 Å². The van der Waals surface area contributed by atoms with Crippen molar-refractivity contribution in [3.05, 3.63) is 70.7 Å². The number of nitrogens with zero attached hydrogens (tertiary/aromatic N) is 2. The Morgan fingerprint density at radius 2 is 1.46 bits per heavy atom. The van der Waals surface area contributed by atoms with Crippen molar-refractivity contribution >= 4 is 23.4 Å². The first-order valence-electron chi connectivity index (χ1n) is 10.00. The van der Waals surface area contributed by atoms with Crippen molar-refractivity contribution in [2.75, 3.05) is 26.2 Å². The molecule has 2 aromatic carbocycles. The van der Waals surface area contributed by atoms with E-state index in [1.807, 2.05) is 28.0 Å². The summed E-state index contributed by atoms with van der Waals surface area (Å²) in [4.78, 5) is 30.0. The first-order valence-corrected chi connectivity index (χ1v) is 10.4. The van der Waals surface area contributed by atoms with Crippen molar-refractivity contribution in [3.8, 4) is 0 Å². The highest BCUT2D eigenvalue weighted by atomic mass is 35.5. The maximum Gasteiger partial charge on any atom is 0.254 e. The Hall–Kier alpha value is -2.33. The third-order valence-electron chi connectivity index (χ3n) is 6.12. The molecule has 0 aromatic heterocycles. The topological polar surface area (TPSA) is 40.6 Å². The van der Waals surface area contributed by atoms with Gasteiger partial charge in [-0.2, -0.15) is 0 Å². The van der Waals surface area contributed by atoms with Gasteiger partial charge in [-0.25, -0.2) is 0 Å². The number of carbonyl (C=O) groups is 2. The molecule has 1 saturated carbocycles. The highest BCUT2D eigenvalue weighted by Gasteiger charge is 2.45. The Morgan fingerprint density at radius 1 is 0.821 bits per heavy atom. The van der Waals surface area contributed by atoms with E-state index in [1.165, 1.54) is 0 Å². The minimum absolute atomic E-state index is 0.0201. The van der Waals surface area contributed by atoms with E-state index in [0.29, 0.717) is 36.8 Å². The molecule has 1 aliphatic carbocycles. The van der Waals surface area contributed by atoms with Gasteiger partial charge in [0, 0.05) is 36.8 Å². The second-order valence-corrected chi connectivity index (χ2v) is 8.19. The molecule has 1 aliphatic heterocycles. The van der Waals surface area contributed by atoms with Crippen molar-refractivity contribution in [3.63, 3.8) is 0 Å². The minimum atomic E-state index is -0.388. The molecule has 0 unspecified atom stereocenters. The van der Waals surface area contributed by atoms with E-state index in [1.54, 1.807) is 24.3 Å². The number of hydrogen-bond donors (Lipinski definition) is 0. The van der Waals surface area contributed by atoms with E-state index < -0.39 is 0 Å². The smallest absolute Gasteiger partial charge is 0.254 e. The molecule has 0 bridgehead atoms. The summed E-state index contributed by atoms with van der Waals surface area (Å²) in [5.74, 6) is 0.208. The van der Waals surface area contributed by atoms with E-state index >= 15 is 0 Å². The summed E-state index contributed by atoms with van der Waals surface area (Å²) in [6, 6.07) is 17.2. The van der Waals surface area contributed by atoms with Gasteiger partial charge in [0.15, 0.2) is 0 Å². The highest BCUT2D eigenvalue weighted by Crippen LogP contribution is 2.42. The lowest BCUT2D eigenvalue weighted by atomic mass is 9.77. The Kier molecular flexibility index (Phi) is 5.40. The fourth-order valence-electron chi connectivity index (χ4n) is 4.58. The minimum Gasteiger partial charge on any atom is -0.338 e. The highest BCUT2D eigenvalue weighted by molar-refractivity contribution is 6.30. The number of benzene rings is 2. The molecule has 5 heteroatoms. The van der Waals surface area contributed by atoms with Gasteiger partial charge in [0.05, 0.1) is 5.41 Å². The standard InChI is InChI=1S/C23H25ClN2O2/c24-20-10-6-7-18(17-20)21(27)25-13-15-26(16-14-25)22(28)23(11-4-5-12-23)19-8-2-1-3-9-19/h1-3,6-10,17H,4-5,11-16H2. The van der Waals surface area contributed by atoms with Crippen LogP contribution in [0.3, 0.4) is 0 Å². The van der Waals surface area contributed by atoms with Gasteiger partial charge in [0.2, 0.25) is 5.91 Å². The maximum absolute atomic E-state index is 13.5. The van der Waals surface area contributed by atoms with Crippen LogP contribution in [0.5, 0.6) is 0 Å². The molecule has 0 atom stereocenters. The van der Waals surface area contributed by atoms with Gasteiger partial charge in [-0.3, -0.25) is 9.59 Å². The molecule has 4 nitrogen and oxygen atoms in total. The van der Waals surface area contributed by atoms with Crippen LogP contribution < -0.4 is 0 Å². The fraction of sp³-hybridized carbons (Fsp3) is 0.391. The molecule has 1 heterocycles. The molecule has 2 fully saturated rings. The number of carbonyl (C=O) groups excluding carboxylic acids is 2. The van der Waals surface area contributed by atoms with E-state index in [9.17, 15) is 9.59 Å². The van der Waals surface area contributed by atoms with Crippen LogP contribution in [0.4, 0.5) is 0 Å². The maximum atomic E-state index is 13.5. The Balaban J connectivity index is 1.46. The molecule has 0 spiro atoms. The van der Waals surface area contributed by atoms with Gasteiger partial charge in [-0.15, -0.1) is 0 Å². The lowest BCUT2D eigenvalue weighted by Gasteiger charge is -2.40. The third-order valence-corrected chi connectivity index (χ3v) is 6.35. The predicted octanol–water partition coefficient (Wildman–Crippen LogP) is 4.14. The number of hydrogen-bond acceptors (Lipinski definition) is 2. The second kappa shape index (κ2) is 7.96. The average Bonchev–Trinajstić information content (AvgIpc) is 3.25. The van der Waals surface area contributed by atoms with Crippen molar-refractivity contribution in [2.24, 2.45) is 0 Å². The van der Waals surface area contributed by atoms with E-state index in [4.69, 9.17) is 11.6 Å². The van der Waals surface area contributed by atoms with Crippen LogP contribution in [0.25, 0.3) is 0 Å². The molecule has 2 amide bonds. The van der Waals surface area contributed by atoms with Crippen LogP contribution in [-0.2, 0) is 10.2 Å².